The van der Waals surface area contributed by atoms with Gasteiger partial charge in [-0.1, -0.05) is 35.3 Å². The number of hydrogen-bond acceptors (Lipinski definition) is 3. The summed E-state index contributed by atoms with van der Waals surface area (Å²) in [5, 5.41) is 4.24. The van der Waals surface area contributed by atoms with Crippen molar-refractivity contribution in [1.29, 1.82) is 0 Å². The molecule has 0 aromatic heterocycles. The van der Waals surface area contributed by atoms with E-state index in [0.29, 0.717) is 28.5 Å². The molecule has 1 N–H and O–H groups in total. The molecule has 2 fully saturated rings. The van der Waals surface area contributed by atoms with Crippen LogP contribution in [-0.2, 0) is 14.3 Å². The van der Waals surface area contributed by atoms with Crippen LogP contribution < -0.4 is 5.32 Å². The number of benzene rings is 2. The first kappa shape index (κ1) is 20.4. The van der Waals surface area contributed by atoms with E-state index in [1.165, 1.54) is 0 Å². The van der Waals surface area contributed by atoms with E-state index < -0.39 is 11.5 Å². The zero-order valence-electron chi connectivity index (χ0n) is 16.4. The molecule has 152 valence electrons. The zero-order chi connectivity index (χ0) is 20.8. The molecule has 29 heavy (non-hydrogen) atoms. The van der Waals surface area contributed by atoms with Crippen molar-refractivity contribution in [3.8, 4) is 11.1 Å². The van der Waals surface area contributed by atoms with Gasteiger partial charge in [0, 0.05) is 22.7 Å². The second-order valence-electron chi connectivity index (χ2n) is 8.00. The lowest BCUT2D eigenvalue weighted by Crippen LogP contribution is -2.50. The SMILES string of the molecule is COC1CCC2(CC1)NC(=O)C(c1cc(-c3ccc(Cl)cc3)c(Cl)cc1C)C2=O. The van der Waals surface area contributed by atoms with Crippen LogP contribution in [0.1, 0.15) is 42.7 Å². The number of rotatable bonds is 3. The van der Waals surface area contributed by atoms with Crippen molar-refractivity contribution >= 4 is 34.9 Å². The number of Topliss-reactive ketones (excluding diaryl/α,β-unsaturated/α-hetero) is 1. The number of amides is 1. The van der Waals surface area contributed by atoms with Gasteiger partial charge in [0.05, 0.1) is 11.6 Å². The van der Waals surface area contributed by atoms with E-state index >= 15 is 0 Å². The second-order valence-corrected chi connectivity index (χ2v) is 8.84. The lowest BCUT2D eigenvalue weighted by atomic mass is 9.75. The maximum atomic E-state index is 13.4. The first-order chi connectivity index (χ1) is 13.8. The molecule has 1 unspecified atom stereocenters. The normalized spacial score (nSPS) is 26.8. The van der Waals surface area contributed by atoms with Crippen LogP contribution in [0.3, 0.4) is 0 Å². The van der Waals surface area contributed by atoms with Crippen molar-refractivity contribution in [3.63, 3.8) is 0 Å². The van der Waals surface area contributed by atoms with Crippen LogP contribution in [0.5, 0.6) is 0 Å². The highest BCUT2D eigenvalue weighted by Crippen LogP contribution is 2.42. The molecule has 6 heteroatoms. The quantitative estimate of drug-likeness (QED) is 0.689. The van der Waals surface area contributed by atoms with Crippen molar-refractivity contribution < 1.29 is 14.3 Å². The molecule has 2 aromatic carbocycles. The van der Waals surface area contributed by atoms with E-state index in [1.54, 1.807) is 19.2 Å². The van der Waals surface area contributed by atoms with Crippen LogP contribution in [0.2, 0.25) is 10.0 Å². The third-order valence-electron chi connectivity index (χ3n) is 6.30. The van der Waals surface area contributed by atoms with E-state index in [-0.39, 0.29) is 17.8 Å². The van der Waals surface area contributed by atoms with Gasteiger partial charge in [-0.15, -0.1) is 0 Å². The number of ketones is 1. The highest BCUT2D eigenvalue weighted by atomic mass is 35.5. The van der Waals surface area contributed by atoms with E-state index in [1.807, 2.05) is 31.2 Å². The van der Waals surface area contributed by atoms with Gasteiger partial charge in [0.25, 0.3) is 0 Å². The smallest absolute Gasteiger partial charge is 0.235 e. The average Bonchev–Trinajstić information content (AvgIpc) is 2.93. The molecule has 1 heterocycles. The van der Waals surface area contributed by atoms with Gasteiger partial charge in [-0.3, -0.25) is 9.59 Å². The van der Waals surface area contributed by atoms with Crippen LogP contribution in [0, 0.1) is 6.92 Å². The fourth-order valence-electron chi connectivity index (χ4n) is 4.59. The van der Waals surface area contributed by atoms with Crippen LogP contribution >= 0.6 is 23.2 Å². The van der Waals surface area contributed by atoms with E-state index in [2.05, 4.69) is 5.32 Å². The zero-order valence-corrected chi connectivity index (χ0v) is 17.9. The molecular formula is C23H23Cl2NO3. The van der Waals surface area contributed by atoms with Crippen LogP contribution in [0.15, 0.2) is 36.4 Å². The monoisotopic (exact) mass is 431 g/mol. The average molecular weight is 432 g/mol. The van der Waals surface area contributed by atoms with Crippen molar-refractivity contribution in [3.05, 3.63) is 57.6 Å². The summed E-state index contributed by atoms with van der Waals surface area (Å²) in [6.45, 7) is 1.89. The van der Waals surface area contributed by atoms with Crippen molar-refractivity contribution in [2.24, 2.45) is 0 Å². The van der Waals surface area contributed by atoms with Gasteiger partial charge in [-0.2, -0.15) is 0 Å². The van der Waals surface area contributed by atoms with Crippen molar-refractivity contribution in [2.45, 2.75) is 50.2 Å². The largest absolute Gasteiger partial charge is 0.381 e. The lowest BCUT2D eigenvalue weighted by molar-refractivity contribution is -0.126. The number of carbonyl (C=O) groups is 2. The molecule has 1 saturated heterocycles. The van der Waals surface area contributed by atoms with Crippen molar-refractivity contribution in [2.75, 3.05) is 7.11 Å². The highest BCUT2D eigenvalue weighted by Gasteiger charge is 2.54. The fraction of sp³-hybridized carbons (Fsp3) is 0.391. The molecule has 2 aromatic rings. The number of aryl methyl sites for hydroxylation is 1. The van der Waals surface area contributed by atoms with Crippen molar-refractivity contribution in [1.82, 2.24) is 5.32 Å². The number of ether oxygens (including phenoxy) is 1. The Kier molecular flexibility index (Phi) is 5.45. The minimum absolute atomic E-state index is 0.0375. The summed E-state index contributed by atoms with van der Waals surface area (Å²) in [4.78, 5) is 26.4. The standard InChI is InChI=1S/C23H23Cl2NO3/c1-13-11-19(25)18(14-3-5-15(24)6-4-14)12-17(13)20-21(27)23(26-22(20)28)9-7-16(29-2)8-10-23/h3-6,11-12,16,20H,7-10H2,1-2H3,(H,26,28). The molecule has 4 rings (SSSR count). The Hall–Kier alpha value is -1.88. The predicted octanol–water partition coefficient (Wildman–Crippen LogP) is 5.08. The van der Waals surface area contributed by atoms with E-state index in [0.717, 1.165) is 29.5 Å². The Labute approximate surface area is 180 Å². The molecule has 1 spiro atoms. The Balaban J connectivity index is 1.71. The molecule has 0 bridgehead atoms. The van der Waals surface area contributed by atoms with Gasteiger partial charge in [0.1, 0.15) is 5.92 Å². The Morgan fingerprint density at radius 3 is 2.34 bits per heavy atom. The van der Waals surface area contributed by atoms with Gasteiger partial charge in [-0.05, 0) is 73.6 Å². The molecule has 1 atom stereocenters. The highest BCUT2D eigenvalue weighted by molar-refractivity contribution is 6.33. The fourth-order valence-corrected chi connectivity index (χ4v) is 5.04. The molecule has 1 amide bonds. The summed E-state index contributed by atoms with van der Waals surface area (Å²) in [6, 6.07) is 11.1. The molecule has 1 saturated carbocycles. The van der Waals surface area contributed by atoms with Gasteiger partial charge >= 0.3 is 0 Å². The third kappa shape index (κ3) is 3.58. The van der Waals surface area contributed by atoms with Gasteiger partial charge in [0.15, 0.2) is 5.78 Å². The van der Waals surface area contributed by atoms with Crippen LogP contribution in [-0.4, -0.2) is 30.4 Å². The second kappa shape index (κ2) is 7.75. The van der Waals surface area contributed by atoms with Gasteiger partial charge in [-0.25, -0.2) is 0 Å². The molecule has 2 aliphatic rings. The molecule has 4 nitrogen and oxygen atoms in total. The van der Waals surface area contributed by atoms with Gasteiger partial charge in [0.2, 0.25) is 5.91 Å². The maximum Gasteiger partial charge on any atom is 0.235 e. The molecular weight excluding hydrogens is 409 g/mol. The van der Waals surface area contributed by atoms with E-state index in [4.69, 9.17) is 27.9 Å². The van der Waals surface area contributed by atoms with E-state index in [9.17, 15) is 9.59 Å². The third-order valence-corrected chi connectivity index (χ3v) is 6.86. The summed E-state index contributed by atoms with van der Waals surface area (Å²) in [6.07, 6.45) is 2.92. The molecule has 0 radical (unpaired) electrons. The first-order valence-electron chi connectivity index (χ1n) is 9.80. The number of carbonyl (C=O) groups excluding carboxylic acids is 2. The Bertz CT molecular complexity index is 963. The summed E-state index contributed by atoms with van der Waals surface area (Å²) in [5.41, 5.74) is 2.45. The number of nitrogens with one attached hydrogen (secondary N) is 1. The summed E-state index contributed by atoms with van der Waals surface area (Å²) in [7, 11) is 1.69. The minimum atomic E-state index is -0.808. The summed E-state index contributed by atoms with van der Waals surface area (Å²) >= 11 is 12.5. The molecule has 1 aliphatic heterocycles. The lowest BCUT2D eigenvalue weighted by Gasteiger charge is -2.35. The Morgan fingerprint density at radius 2 is 1.72 bits per heavy atom. The summed E-state index contributed by atoms with van der Waals surface area (Å²) < 4.78 is 5.42. The van der Waals surface area contributed by atoms with Crippen LogP contribution in [0.4, 0.5) is 0 Å². The van der Waals surface area contributed by atoms with Crippen LogP contribution in [0.25, 0.3) is 11.1 Å². The minimum Gasteiger partial charge on any atom is -0.381 e. The number of hydrogen-bond donors (Lipinski definition) is 1. The molecule has 1 aliphatic carbocycles. The predicted molar refractivity (Wildman–Crippen MR) is 115 cm³/mol. The number of methoxy groups -OCH3 is 1. The maximum absolute atomic E-state index is 13.4. The summed E-state index contributed by atoms with van der Waals surface area (Å²) in [5.74, 6) is -1.07. The topological polar surface area (TPSA) is 55.4 Å². The van der Waals surface area contributed by atoms with Gasteiger partial charge < -0.3 is 10.1 Å². The first-order valence-corrected chi connectivity index (χ1v) is 10.6. The Morgan fingerprint density at radius 1 is 1.07 bits per heavy atom. The number of halogens is 2.